The maximum Gasteiger partial charge on any atom is 0.419 e. The second kappa shape index (κ2) is 10.4. The summed E-state index contributed by atoms with van der Waals surface area (Å²) in [6.07, 6.45) is -1.29. The molecule has 206 valence electrons. The van der Waals surface area contributed by atoms with Crippen LogP contribution in [0.2, 0.25) is 0 Å². The molecule has 1 unspecified atom stereocenters. The molecule has 3 nitrogen and oxygen atoms in total. The number of piperidine rings is 1. The summed E-state index contributed by atoms with van der Waals surface area (Å²) in [5.74, 6) is -2.20. The van der Waals surface area contributed by atoms with Crippen LogP contribution in [0, 0.1) is 17.6 Å². The maximum absolute atomic E-state index is 14.8. The number of rotatable bonds is 6. The van der Waals surface area contributed by atoms with Gasteiger partial charge in [0.2, 0.25) is 0 Å². The van der Waals surface area contributed by atoms with Crippen LogP contribution in [0.1, 0.15) is 67.3 Å². The quantitative estimate of drug-likeness (QED) is 0.321. The van der Waals surface area contributed by atoms with Crippen molar-refractivity contribution in [3.8, 4) is 11.1 Å². The lowest BCUT2D eigenvalue weighted by Gasteiger charge is -2.40. The van der Waals surface area contributed by atoms with Crippen molar-refractivity contribution < 1.29 is 31.9 Å². The summed E-state index contributed by atoms with van der Waals surface area (Å²) in [6.45, 7) is 3.69. The van der Waals surface area contributed by atoms with E-state index < -0.39 is 34.8 Å². The fraction of sp³-hybridized carbons (Fsp3) is 0.387. The van der Waals surface area contributed by atoms with E-state index >= 15 is 0 Å². The van der Waals surface area contributed by atoms with E-state index in [9.17, 15) is 31.9 Å². The Hall–Kier alpha value is -3.26. The smallest absolute Gasteiger partial charge is 0.419 e. The molecule has 1 aliphatic heterocycles. The van der Waals surface area contributed by atoms with Crippen LogP contribution < -0.4 is 0 Å². The average molecular weight is 544 g/mol. The molecule has 0 amide bonds. The number of benzene rings is 3. The van der Waals surface area contributed by atoms with E-state index in [1.54, 1.807) is 24.3 Å². The number of carboxylic acids is 1. The molecular formula is C31H30F5NO2. The molecule has 3 aromatic rings. The molecule has 0 spiro atoms. The van der Waals surface area contributed by atoms with Crippen molar-refractivity contribution in [1.29, 1.82) is 0 Å². The standard InChI is InChI=1S/C31H30F5NO2/c1-19-11-15-37(16-12-19)28(20-3-7-23(32)8-4-20)24-9-6-22(30(29(38)39)13-2-14-30)18-25(24)21-5-10-26(27(33)17-21)31(34,35)36/h3-10,17-19,28H,2,11-16H2,1H3,(H,38,39). The highest BCUT2D eigenvalue weighted by molar-refractivity contribution is 5.84. The molecule has 1 aliphatic carbocycles. The maximum atomic E-state index is 14.8. The highest BCUT2D eigenvalue weighted by Gasteiger charge is 2.46. The van der Waals surface area contributed by atoms with E-state index in [0.717, 1.165) is 50.0 Å². The summed E-state index contributed by atoms with van der Waals surface area (Å²) in [5, 5.41) is 10.1. The van der Waals surface area contributed by atoms with Crippen LogP contribution in [-0.2, 0) is 16.4 Å². The first kappa shape index (κ1) is 27.3. The molecule has 1 saturated heterocycles. The van der Waals surface area contributed by atoms with Gasteiger partial charge in [-0.05, 0) is 103 Å². The topological polar surface area (TPSA) is 40.5 Å². The number of alkyl halides is 3. The lowest BCUT2D eigenvalue weighted by Crippen LogP contribution is -2.42. The fourth-order valence-corrected chi connectivity index (χ4v) is 5.93. The number of carbonyl (C=O) groups is 1. The van der Waals surface area contributed by atoms with E-state index in [4.69, 9.17) is 0 Å². The van der Waals surface area contributed by atoms with Crippen molar-refractivity contribution in [3.05, 3.63) is 94.6 Å². The van der Waals surface area contributed by atoms with Gasteiger partial charge in [0.1, 0.15) is 11.6 Å². The van der Waals surface area contributed by atoms with Gasteiger partial charge in [-0.2, -0.15) is 13.2 Å². The minimum Gasteiger partial charge on any atom is -0.481 e. The highest BCUT2D eigenvalue weighted by Crippen LogP contribution is 2.47. The summed E-state index contributed by atoms with van der Waals surface area (Å²) < 4.78 is 68.7. The highest BCUT2D eigenvalue weighted by atomic mass is 19.4. The monoisotopic (exact) mass is 543 g/mol. The Labute approximate surface area is 224 Å². The van der Waals surface area contributed by atoms with E-state index in [0.29, 0.717) is 35.4 Å². The summed E-state index contributed by atoms with van der Waals surface area (Å²) in [7, 11) is 0. The third-order valence-electron chi connectivity index (χ3n) is 8.47. The Bertz CT molecular complexity index is 1360. The molecule has 0 aromatic heterocycles. The first-order chi connectivity index (χ1) is 18.5. The van der Waals surface area contributed by atoms with Crippen molar-refractivity contribution in [2.45, 2.75) is 56.7 Å². The number of nitrogens with zero attached hydrogens (tertiary/aromatic N) is 1. The Morgan fingerprint density at radius 3 is 2.18 bits per heavy atom. The number of halogens is 5. The Kier molecular flexibility index (Phi) is 7.27. The molecule has 2 aliphatic rings. The van der Waals surface area contributed by atoms with Gasteiger partial charge in [-0.15, -0.1) is 0 Å². The molecule has 3 aromatic carbocycles. The minimum atomic E-state index is -4.84. The summed E-state index contributed by atoms with van der Waals surface area (Å²) in [6, 6.07) is 13.9. The Morgan fingerprint density at radius 2 is 1.64 bits per heavy atom. The number of hydrogen-bond acceptors (Lipinski definition) is 2. The molecular weight excluding hydrogens is 513 g/mol. The molecule has 5 rings (SSSR count). The number of hydrogen-bond donors (Lipinski definition) is 1. The van der Waals surface area contributed by atoms with E-state index in [2.05, 4.69) is 11.8 Å². The van der Waals surface area contributed by atoms with Crippen LogP contribution in [-0.4, -0.2) is 29.1 Å². The zero-order chi connectivity index (χ0) is 27.9. The second-order valence-corrected chi connectivity index (χ2v) is 10.9. The first-order valence-electron chi connectivity index (χ1n) is 13.2. The molecule has 8 heteroatoms. The number of aliphatic carboxylic acids is 1. The molecule has 39 heavy (non-hydrogen) atoms. The van der Waals surface area contributed by atoms with Crippen LogP contribution in [0.4, 0.5) is 22.0 Å². The molecule has 0 bridgehead atoms. The largest absolute Gasteiger partial charge is 0.481 e. The van der Waals surface area contributed by atoms with Crippen molar-refractivity contribution in [3.63, 3.8) is 0 Å². The first-order valence-corrected chi connectivity index (χ1v) is 13.2. The fourth-order valence-electron chi connectivity index (χ4n) is 5.93. The third kappa shape index (κ3) is 5.19. The van der Waals surface area contributed by atoms with Gasteiger partial charge in [-0.25, -0.2) is 8.78 Å². The van der Waals surface area contributed by atoms with Gasteiger partial charge in [0.05, 0.1) is 17.0 Å². The summed E-state index contributed by atoms with van der Waals surface area (Å²) in [5.41, 5.74) is 0.317. The minimum absolute atomic E-state index is 0.231. The van der Waals surface area contributed by atoms with E-state index in [-0.39, 0.29) is 11.6 Å². The average Bonchev–Trinajstić information content (AvgIpc) is 2.85. The third-order valence-corrected chi connectivity index (χ3v) is 8.47. The van der Waals surface area contributed by atoms with E-state index in [1.165, 1.54) is 18.2 Å². The molecule has 1 atom stereocenters. The van der Waals surface area contributed by atoms with Crippen molar-refractivity contribution in [2.75, 3.05) is 13.1 Å². The predicted molar refractivity (Wildman–Crippen MR) is 138 cm³/mol. The van der Waals surface area contributed by atoms with Crippen LogP contribution in [0.5, 0.6) is 0 Å². The predicted octanol–water partition coefficient (Wildman–Crippen LogP) is 7.98. The summed E-state index contributed by atoms with van der Waals surface area (Å²) in [4.78, 5) is 14.5. The zero-order valence-corrected chi connectivity index (χ0v) is 21.6. The summed E-state index contributed by atoms with van der Waals surface area (Å²) >= 11 is 0. The zero-order valence-electron chi connectivity index (χ0n) is 21.6. The molecule has 2 fully saturated rings. The van der Waals surface area contributed by atoms with Gasteiger partial charge in [0, 0.05) is 0 Å². The lowest BCUT2D eigenvalue weighted by atomic mass is 9.64. The van der Waals surface area contributed by atoms with Gasteiger partial charge in [-0.3, -0.25) is 9.69 Å². The Balaban J connectivity index is 1.71. The Morgan fingerprint density at radius 1 is 0.974 bits per heavy atom. The molecule has 1 heterocycles. The van der Waals surface area contributed by atoms with Gasteiger partial charge in [0.25, 0.3) is 0 Å². The molecule has 1 N–H and O–H groups in total. The van der Waals surface area contributed by atoms with Crippen LogP contribution in [0.25, 0.3) is 11.1 Å². The normalized spacial score (nSPS) is 18.9. The van der Waals surface area contributed by atoms with Gasteiger partial charge in [0.15, 0.2) is 0 Å². The van der Waals surface area contributed by atoms with Crippen LogP contribution >= 0.6 is 0 Å². The van der Waals surface area contributed by atoms with Crippen molar-refractivity contribution in [1.82, 2.24) is 4.90 Å². The van der Waals surface area contributed by atoms with Gasteiger partial charge < -0.3 is 5.11 Å². The SMILES string of the molecule is CC1CCN(C(c2ccc(F)cc2)c2ccc(C3(C(=O)O)CCC3)cc2-c2ccc(C(F)(F)F)c(F)c2)CC1. The van der Waals surface area contributed by atoms with Gasteiger partial charge >= 0.3 is 12.1 Å². The second-order valence-electron chi connectivity index (χ2n) is 10.9. The lowest BCUT2D eigenvalue weighted by molar-refractivity contribution is -0.147. The number of likely N-dealkylation sites (tertiary alicyclic amines) is 1. The van der Waals surface area contributed by atoms with E-state index in [1.807, 2.05) is 6.07 Å². The van der Waals surface area contributed by atoms with Crippen molar-refractivity contribution >= 4 is 5.97 Å². The van der Waals surface area contributed by atoms with Gasteiger partial charge in [-0.1, -0.05) is 43.7 Å². The molecule has 0 radical (unpaired) electrons. The van der Waals surface area contributed by atoms with Crippen LogP contribution in [0.15, 0.2) is 60.7 Å². The number of carboxylic acid groups (broad SMARTS) is 1. The molecule has 1 saturated carbocycles. The van der Waals surface area contributed by atoms with Crippen LogP contribution in [0.3, 0.4) is 0 Å². The van der Waals surface area contributed by atoms with Crippen molar-refractivity contribution in [2.24, 2.45) is 5.92 Å².